The number of carbonyl (C=O) groups excluding carboxylic acids is 1. The van der Waals surface area contributed by atoms with Gasteiger partial charge in [-0.25, -0.2) is 9.07 Å². The number of hydrogen-bond acceptors (Lipinski definition) is 7. The highest BCUT2D eigenvalue weighted by Gasteiger charge is 2.27. The molecule has 3 rings (SSSR count). The van der Waals surface area contributed by atoms with Gasteiger partial charge in [0.15, 0.2) is 5.82 Å². The van der Waals surface area contributed by atoms with E-state index in [2.05, 4.69) is 20.8 Å². The molecule has 1 atom stereocenters. The standard InChI is InChI=1S/C18H25FN6O2/c1-2-27-16(26)11-25-18(22-23-24-25)17(12-3-5-13(19)6-4-12)21-15-9-7-14(20)8-10-15/h3-6,14-15,17,21H,2,7-11,20H2,1H3. The molecule has 146 valence electrons. The third-order valence-electron chi connectivity index (χ3n) is 4.78. The molecule has 0 spiro atoms. The van der Waals surface area contributed by atoms with Crippen molar-refractivity contribution in [1.82, 2.24) is 25.5 Å². The maximum absolute atomic E-state index is 13.4. The Morgan fingerprint density at radius 3 is 2.70 bits per heavy atom. The highest BCUT2D eigenvalue weighted by atomic mass is 19.1. The molecule has 9 heteroatoms. The zero-order valence-corrected chi connectivity index (χ0v) is 15.3. The van der Waals surface area contributed by atoms with E-state index >= 15 is 0 Å². The van der Waals surface area contributed by atoms with Gasteiger partial charge in [-0.15, -0.1) is 5.10 Å². The van der Waals surface area contributed by atoms with Gasteiger partial charge < -0.3 is 15.8 Å². The van der Waals surface area contributed by atoms with Gasteiger partial charge in [0.1, 0.15) is 12.4 Å². The van der Waals surface area contributed by atoms with Gasteiger partial charge in [-0.3, -0.25) is 4.79 Å². The van der Waals surface area contributed by atoms with Crippen LogP contribution in [0.15, 0.2) is 24.3 Å². The molecule has 0 aliphatic heterocycles. The van der Waals surface area contributed by atoms with Crippen LogP contribution in [0.2, 0.25) is 0 Å². The van der Waals surface area contributed by atoms with Crippen molar-refractivity contribution in [2.45, 2.75) is 57.3 Å². The maximum Gasteiger partial charge on any atom is 0.327 e. The summed E-state index contributed by atoms with van der Waals surface area (Å²) in [5.41, 5.74) is 6.83. The lowest BCUT2D eigenvalue weighted by molar-refractivity contribution is -0.144. The third kappa shape index (κ3) is 5.08. The van der Waals surface area contributed by atoms with Crippen LogP contribution in [-0.4, -0.2) is 44.9 Å². The summed E-state index contributed by atoms with van der Waals surface area (Å²) in [6, 6.07) is 6.32. The van der Waals surface area contributed by atoms with Gasteiger partial charge in [0, 0.05) is 12.1 Å². The number of aromatic nitrogens is 4. The number of esters is 1. The van der Waals surface area contributed by atoms with Crippen molar-refractivity contribution in [3.8, 4) is 0 Å². The Labute approximate surface area is 157 Å². The second-order valence-corrected chi connectivity index (χ2v) is 6.76. The minimum Gasteiger partial charge on any atom is -0.465 e. The predicted octanol–water partition coefficient (Wildman–Crippen LogP) is 1.32. The summed E-state index contributed by atoms with van der Waals surface area (Å²) in [5, 5.41) is 15.3. The lowest BCUT2D eigenvalue weighted by Crippen LogP contribution is -2.40. The minimum atomic E-state index is -0.410. The van der Waals surface area contributed by atoms with Crippen molar-refractivity contribution in [3.05, 3.63) is 41.5 Å². The fourth-order valence-electron chi connectivity index (χ4n) is 3.36. The number of ether oxygens (including phenoxy) is 1. The molecule has 0 bridgehead atoms. The van der Waals surface area contributed by atoms with E-state index in [1.807, 2.05) is 0 Å². The topological polar surface area (TPSA) is 108 Å². The lowest BCUT2D eigenvalue weighted by Gasteiger charge is -2.30. The Kier molecular flexibility index (Phi) is 6.46. The van der Waals surface area contributed by atoms with Gasteiger partial charge in [0.05, 0.1) is 12.6 Å². The summed E-state index contributed by atoms with van der Waals surface area (Å²) in [6.45, 7) is 1.96. The van der Waals surface area contributed by atoms with Crippen molar-refractivity contribution in [2.24, 2.45) is 5.73 Å². The number of tetrazole rings is 1. The summed E-state index contributed by atoms with van der Waals surface area (Å²) in [5.74, 6) is -0.232. The molecule has 1 saturated carbocycles. The van der Waals surface area contributed by atoms with E-state index in [-0.39, 0.29) is 37.1 Å². The molecule has 0 saturated heterocycles. The van der Waals surface area contributed by atoms with Crippen LogP contribution in [0.3, 0.4) is 0 Å². The average Bonchev–Trinajstić information content (AvgIpc) is 3.10. The number of nitrogens with one attached hydrogen (secondary N) is 1. The number of hydrogen-bond donors (Lipinski definition) is 2. The zero-order chi connectivity index (χ0) is 19.2. The summed E-state index contributed by atoms with van der Waals surface area (Å²) >= 11 is 0. The Bertz CT molecular complexity index is 743. The zero-order valence-electron chi connectivity index (χ0n) is 15.3. The SMILES string of the molecule is CCOC(=O)Cn1nnnc1C(NC1CCC(N)CC1)c1ccc(F)cc1. The fourth-order valence-corrected chi connectivity index (χ4v) is 3.36. The molecule has 2 aromatic rings. The molecule has 1 aromatic carbocycles. The molecule has 1 aliphatic carbocycles. The Morgan fingerprint density at radius 1 is 1.33 bits per heavy atom. The number of carbonyl (C=O) groups is 1. The van der Waals surface area contributed by atoms with Gasteiger partial charge in [0.25, 0.3) is 0 Å². The second-order valence-electron chi connectivity index (χ2n) is 6.76. The molecule has 27 heavy (non-hydrogen) atoms. The lowest BCUT2D eigenvalue weighted by atomic mass is 9.90. The van der Waals surface area contributed by atoms with Gasteiger partial charge >= 0.3 is 5.97 Å². The molecule has 0 radical (unpaired) electrons. The molecule has 0 amide bonds. The van der Waals surface area contributed by atoms with Gasteiger partial charge in [-0.05, 0) is 60.7 Å². The van der Waals surface area contributed by atoms with Crippen LogP contribution in [0, 0.1) is 5.82 Å². The van der Waals surface area contributed by atoms with Crippen molar-refractivity contribution < 1.29 is 13.9 Å². The van der Waals surface area contributed by atoms with Gasteiger partial charge in [0.2, 0.25) is 0 Å². The van der Waals surface area contributed by atoms with Gasteiger partial charge in [-0.2, -0.15) is 0 Å². The number of rotatable bonds is 7. The number of benzene rings is 1. The largest absolute Gasteiger partial charge is 0.465 e. The first-order chi connectivity index (χ1) is 13.1. The first-order valence-electron chi connectivity index (χ1n) is 9.25. The summed E-state index contributed by atoms with van der Waals surface area (Å²) in [7, 11) is 0. The van der Waals surface area contributed by atoms with Crippen molar-refractivity contribution in [3.63, 3.8) is 0 Å². The highest BCUT2D eigenvalue weighted by molar-refractivity contribution is 5.69. The molecular formula is C18H25FN6O2. The molecule has 1 aliphatic rings. The predicted molar refractivity (Wildman–Crippen MR) is 96.1 cm³/mol. The van der Waals surface area contributed by atoms with E-state index in [1.54, 1.807) is 19.1 Å². The van der Waals surface area contributed by atoms with Crippen LogP contribution in [0.4, 0.5) is 4.39 Å². The van der Waals surface area contributed by atoms with E-state index in [0.29, 0.717) is 5.82 Å². The van der Waals surface area contributed by atoms with Crippen molar-refractivity contribution in [2.75, 3.05) is 6.61 Å². The van der Waals surface area contributed by atoms with E-state index in [4.69, 9.17) is 10.5 Å². The molecule has 1 fully saturated rings. The van der Waals surface area contributed by atoms with Crippen LogP contribution in [0.1, 0.15) is 50.0 Å². The van der Waals surface area contributed by atoms with Crippen LogP contribution >= 0.6 is 0 Å². The highest BCUT2D eigenvalue weighted by Crippen LogP contribution is 2.25. The summed E-state index contributed by atoms with van der Waals surface area (Å²) < 4.78 is 19.8. The first-order valence-corrected chi connectivity index (χ1v) is 9.25. The molecule has 1 aromatic heterocycles. The molecule has 1 heterocycles. The molecule has 8 nitrogen and oxygen atoms in total. The third-order valence-corrected chi connectivity index (χ3v) is 4.78. The molecular weight excluding hydrogens is 351 g/mol. The van der Waals surface area contributed by atoms with Crippen LogP contribution in [0.25, 0.3) is 0 Å². The fraction of sp³-hybridized carbons (Fsp3) is 0.556. The van der Waals surface area contributed by atoms with Gasteiger partial charge in [-0.1, -0.05) is 12.1 Å². The quantitative estimate of drug-likeness (QED) is 0.702. The first kappa shape index (κ1) is 19.4. The monoisotopic (exact) mass is 376 g/mol. The van der Waals surface area contributed by atoms with Crippen LogP contribution < -0.4 is 11.1 Å². The second kappa shape index (κ2) is 9.01. The summed E-state index contributed by atoms with van der Waals surface area (Å²) in [6.07, 6.45) is 3.78. The number of halogens is 1. The van der Waals surface area contributed by atoms with E-state index in [9.17, 15) is 9.18 Å². The summed E-state index contributed by atoms with van der Waals surface area (Å²) in [4.78, 5) is 11.9. The van der Waals surface area contributed by atoms with Crippen molar-refractivity contribution in [1.29, 1.82) is 0 Å². The van der Waals surface area contributed by atoms with E-state index < -0.39 is 5.97 Å². The van der Waals surface area contributed by atoms with Crippen LogP contribution in [0.5, 0.6) is 0 Å². The molecule has 3 N–H and O–H groups in total. The molecule has 1 unspecified atom stereocenters. The maximum atomic E-state index is 13.4. The smallest absolute Gasteiger partial charge is 0.327 e. The van der Waals surface area contributed by atoms with E-state index in [1.165, 1.54) is 16.8 Å². The Balaban J connectivity index is 1.85. The average molecular weight is 376 g/mol. The Hall–Kier alpha value is -2.39. The Morgan fingerprint density at radius 2 is 2.04 bits per heavy atom. The van der Waals surface area contributed by atoms with Crippen molar-refractivity contribution >= 4 is 5.97 Å². The number of nitrogens with zero attached hydrogens (tertiary/aromatic N) is 4. The number of nitrogens with two attached hydrogens (primary N) is 1. The normalized spacial score (nSPS) is 21.0. The minimum absolute atomic E-state index is 0.0783. The van der Waals surface area contributed by atoms with Crippen LogP contribution in [-0.2, 0) is 16.1 Å². The van der Waals surface area contributed by atoms with E-state index in [0.717, 1.165) is 31.2 Å².